The first-order valence-electron chi connectivity index (χ1n) is 7.72. The van der Waals surface area contributed by atoms with Gasteiger partial charge in [-0.05, 0) is 24.8 Å². The number of amides is 1. The van der Waals surface area contributed by atoms with Crippen LogP contribution >= 0.6 is 0 Å². The van der Waals surface area contributed by atoms with Crippen LogP contribution in [-0.4, -0.2) is 53.0 Å². The largest absolute Gasteiger partial charge is 0.337 e. The summed E-state index contributed by atoms with van der Waals surface area (Å²) in [4.78, 5) is 26.9. The number of hydrogen-bond acceptors (Lipinski definition) is 5. The lowest BCUT2D eigenvalue weighted by atomic mass is 9.98. The van der Waals surface area contributed by atoms with E-state index in [1.54, 1.807) is 24.7 Å². The van der Waals surface area contributed by atoms with Crippen LogP contribution < -0.4 is 0 Å². The average Bonchev–Trinajstić information content (AvgIpc) is 3.23. The zero-order valence-electron chi connectivity index (χ0n) is 12.6. The molecule has 23 heavy (non-hydrogen) atoms. The Morgan fingerprint density at radius 2 is 2.26 bits per heavy atom. The summed E-state index contributed by atoms with van der Waals surface area (Å²) in [6.07, 6.45) is 11.0. The first-order chi connectivity index (χ1) is 11.3. The summed E-state index contributed by atoms with van der Waals surface area (Å²) in [6.45, 7) is 2.35. The molecule has 0 spiro atoms. The summed E-state index contributed by atoms with van der Waals surface area (Å²) in [5, 5.41) is 4.23. The van der Waals surface area contributed by atoms with Gasteiger partial charge in [-0.15, -0.1) is 5.10 Å². The van der Waals surface area contributed by atoms with Crippen molar-refractivity contribution in [2.24, 2.45) is 5.92 Å². The molecule has 0 aromatic carbocycles. The molecule has 0 saturated carbocycles. The van der Waals surface area contributed by atoms with Gasteiger partial charge >= 0.3 is 0 Å². The number of aromatic nitrogens is 6. The molecule has 0 aliphatic carbocycles. The number of imidazole rings is 1. The van der Waals surface area contributed by atoms with E-state index in [4.69, 9.17) is 0 Å². The minimum Gasteiger partial charge on any atom is -0.337 e. The van der Waals surface area contributed by atoms with Crippen LogP contribution in [0.4, 0.5) is 0 Å². The second kappa shape index (κ2) is 5.79. The molecule has 118 valence electrons. The van der Waals surface area contributed by atoms with Crippen molar-refractivity contribution in [1.29, 1.82) is 0 Å². The molecule has 3 aromatic rings. The van der Waals surface area contributed by atoms with Crippen LogP contribution in [0.15, 0.2) is 37.2 Å². The monoisotopic (exact) mass is 311 g/mol. The number of likely N-dealkylation sites (tertiary alicyclic amines) is 1. The topological polar surface area (TPSA) is 81.2 Å². The van der Waals surface area contributed by atoms with Crippen molar-refractivity contribution in [1.82, 2.24) is 34.0 Å². The zero-order valence-corrected chi connectivity index (χ0v) is 12.6. The van der Waals surface area contributed by atoms with Crippen molar-refractivity contribution in [3.8, 4) is 0 Å². The molecule has 1 fully saturated rings. The molecule has 1 amide bonds. The maximum absolute atomic E-state index is 12.7. The Morgan fingerprint density at radius 3 is 3.09 bits per heavy atom. The molecule has 1 unspecified atom stereocenters. The highest BCUT2D eigenvalue weighted by molar-refractivity contribution is 5.90. The molecule has 0 N–H and O–H groups in total. The second-order valence-corrected chi connectivity index (χ2v) is 5.82. The lowest BCUT2D eigenvalue weighted by Gasteiger charge is -2.32. The molecule has 8 heteroatoms. The van der Waals surface area contributed by atoms with Gasteiger partial charge < -0.3 is 9.47 Å². The van der Waals surface area contributed by atoms with Gasteiger partial charge in [0.1, 0.15) is 0 Å². The van der Waals surface area contributed by atoms with E-state index >= 15 is 0 Å². The van der Waals surface area contributed by atoms with Crippen molar-refractivity contribution in [2.45, 2.75) is 19.4 Å². The van der Waals surface area contributed by atoms with Gasteiger partial charge in [0, 0.05) is 44.4 Å². The quantitative estimate of drug-likeness (QED) is 0.717. The van der Waals surface area contributed by atoms with E-state index < -0.39 is 0 Å². The van der Waals surface area contributed by atoms with Gasteiger partial charge in [-0.25, -0.2) is 14.5 Å². The van der Waals surface area contributed by atoms with Crippen LogP contribution in [0.1, 0.15) is 23.5 Å². The van der Waals surface area contributed by atoms with Crippen LogP contribution in [0.5, 0.6) is 0 Å². The van der Waals surface area contributed by atoms with Crippen molar-refractivity contribution in [3.63, 3.8) is 0 Å². The third-order valence-corrected chi connectivity index (χ3v) is 4.14. The number of carbonyl (C=O) groups is 1. The summed E-state index contributed by atoms with van der Waals surface area (Å²) >= 11 is 0. The van der Waals surface area contributed by atoms with Gasteiger partial charge in [0.25, 0.3) is 11.7 Å². The molecule has 1 atom stereocenters. The van der Waals surface area contributed by atoms with Crippen molar-refractivity contribution in [2.75, 3.05) is 13.1 Å². The standard InChI is InChI=1S/C15H17N7O/c23-14(13-18-15-17-4-2-7-22(15)19-13)21-6-1-3-12(10-21)9-20-8-5-16-11-20/h2,4-5,7-8,11-12H,1,3,6,9-10H2. The summed E-state index contributed by atoms with van der Waals surface area (Å²) in [6, 6.07) is 1.76. The van der Waals surface area contributed by atoms with Gasteiger partial charge in [-0.2, -0.15) is 4.98 Å². The molecule has 1 aliphatic rings. The third-order valence-electron chi connectivity index (χ3n) is 4.14. The highest BCUT2D eigenvalue weighted by Gasteiger charge is 2.27. The van der Waals surface area contributed by atoms with E-state index in [0.29, 0.717) is 11.7 Å². The lowest BCUT2D eigenvalue weighted by molar-refractivity contribution is 0.0650. The Hall–Kier alpha value is -2.77. The van der Waals surface area contributed by atoms with Crippen LogP contribution in [0.3, 0.4) is 0 Å². The van der Waals surface area contributed by atoms with Crippen LogP contribution in [0, 0.1) is 5.92 Å². The lowest BCUT2D eigenvalue weighted by Crippen LogP contribution is -2.41. The summed E-state index contributed by atoms with van der Waals surface area (Å²) in [5.41, 5.74) is 0. The van der Waals surface area contributed by atoms with Crippen LogP contribution in [-0.2, 0) is 6.54 Å². The number of hydrogen-bond donors (Lipinski definition) is 0. The van der Waals surface area contributed by atoms with Crippen molar-refractivity contribution < 1.29 is 4.79 Å². The predicted molar refractivity (Wildman–Crippen MR) is 81.6 cm³/mol. The first-order valence-corrected chi connectivity index (χ1v) is 7.72. The van der Waals surface area contributed by atoms with Gasteiger partial charge in [-0.1, -0.05) is 0 Å². The molecule has 3 aromatic heterocycles. The third kappa shape index (κ3) is 2.79. The maximum Gasteiger partial charge on any atom is 0.293 e. The molecule has 0 bridgehead atoms. The molecule has 1 aliphatic heterocycles. The summed E-state index contributed by atoms with van der Waals surface area (Å²) in [5.74, 6) is 0.970. The van der Waals surface area contributed by atoms with E-state index in [9.17, 15) is 4.79 Å². The average molecular weight is 311 g/mol. The summed E-state index contributed by atoms with van der Waals surface area (Å²) in [7, 11) is 0. The SMILES string of the molecule is O=C(c1nc2ncccn2n1)N1CCCC(Cn2ccnc2)C1. The smallest absolute Gasteiger partial charge is 0.293 e. The Kier molecular flexibility index (Phi) is 3.49. The van der Waals surface area contributed by atoms with E-state index in [-0.39, 0.29) is 11.7 Å². The molecular formula is C15H17N7O. The maximum atomic E-state index is 12.7. The van der Waals surface area contributed by atoms with Gasteiger partial charge in [0.05, 0.1) is 6.33 Å². The second-order valence-electron chi connectivity index (χ2n) is 5.82. The number of fused-ring (bicyclic) bond motifs is 1. The first kappa shape index (κ1) is 13.9. The normalized spacial score (nSPS) is 18.4. The number of carbonyl (C=O) groups excluding carboxylic acids is 1. The van der Waals surface area contributed by atoms with Crippen LogP contribution in [0.2, 0.25) is 0 Å². The van der Waals surface area contributed by atoms with Crippen LogP contribution in [0.25, 0.3) is 5.78 Å². The number of piperidine rings is 1. The van der Waals surface area contributed by atoms with E-state index in [2.05, 4.69) is 24.6 Å². The molecule has 1 saturated heterocycles. The predicted octanol–water partition coefficient (Wildman–Crippen LogP) is 0.873. The Balaban J connectivity index is 1.49. The van der Waals surface area contributed by atoms with Crippen molar-refractivity contribution in [3.05, 3.63) is 43.0 Å². The van der Waals surface area contributed by atoms with E-state index in [1.807, 2.05) is 17.4 Å². The molecule has 4 heterocycles. The fourth-order valence-corrected chi connectivity index (χ4v) is 3.06. The Labute approximate surface area is 132 Å². The van der Waals surface area contributed by atoms with Gasteiger partial charge in [-0.3, -0.25) is 4.79 Å². The molecule has 8 nitrogen and oxygen atoms in total. The Morgan fingerprint density at radius 1 is 1.30 bits per heavy atom. The molecular weight excluding hydrogens is 294 g/mol. The number of rotatable bonds is 3. The highest BCUT2D eigenvalue weighted by atomic mass is 16.2. The van der Waals surface area contributed by atoms with Gasteiger partial charge in [0.15, 0.2) is 0 Å². The zero-order chi connectivity index (χ0) is 15.6. The minimum absolute atomic E-state index is 0.120. The van der Waals surface area contributed by atoms with Gasteiger partial charge in [0.2, 0.25) is 5.82 Å². The highest BCUT2D eigenvalue weighted by Crippen LogP contribution is 2.19. The Bertz CT molecular complexity index is 777. The number of nitrogens with zero attached hydrogens (tertiary/aromatic N) is 7. The van der Waals surface area contributed by atoms with E-state index in [0.717, 1.165) is 32.5 Å². The fraction of sp³-hybridized carbons (Fsp3) is 0.400. The minimum atomic E-state index is -0.120. The fourth-order valence-electron chi connectivity index (χ4n) is 3.06. The molecule has 0 radical (unpaired) electrons. The van der Waals surface area contributed by atoms with Crippen molar-refractivity contribution >= 4 is 11.7 Å². The summed E-state index contributed by atoms with van der Waals surface area (Å²) < 4.78 is 3.59. The molecule has 4 rings (SSSR count). The van der Waals surface area contributed by atoms with E-state index in [1.165, 1.54) is 4.52 Å².